The molecule has 0 saturated carbocycles. The Kier molecular flexibility index (Phi) is 6.56. The number of halogens is 3. The first-order valence-corrected chi connectivity index (χ1v) is 8.60. The minimum Gasteiger partial charge on any atom is -0.319 e. The van der Waals surface area contributed by atoms with Crippen LogP contribution in [0.2, 0.25) is 10.0 Å². The largest absolute Gasteiger partial charge is 0.319 e. The van der Waals surface area contributed by atoms with Gasteiger partial charge in [0.15, 0.2) is 0 Å². The van der Waals surface area contributed by atoms with Gasteiger partial charge in [-0.1, -0.05) is 46.1 Å². The summed E-state index contributed by atoms with van der Waals surface area (Å²) < 4.78 is 27.5. The van der Waals surface area contributed by atoms with Gasteiger partial charge in [0.05, 0.1) is 10.0 Å². The van der Waals surface area contributed by atoms with Crippen molar-refractivity contribution < 1.29 is 8.42 Å². The smallest absolute Gasteiger partial charge is 0.243 e. The van der Waals surface area contributed by atoms with E-state index in [0.29, 0.717) is 17.6 Å². The zero-order valence-electron chi connectivity index (χ0n) is 10.5. The lowest BCUT2D eigenvalue weighted by Crippen LogP contribution is -2.32. The zero-order valence-corrected chi connectivity index (χ0v) is 14.4. The Labute approximate surface area is 132 Å². The summed E-state index contributed by atoms with van der Waals surface area (Å²) in [5, 5.41) is 3.16. The lowest BCUT2D eigenvalue weighted by molar-refractivity contribution is 0.519. The van der Waals surface area contributed by atoms with Gasteiger partial charge in [-0.2, -0.15) is 0 Å². The van der Waals surface area contributed by atoms with E-state index in [0.717, 1.165) is 0 Å². The third-order valence-corrected chi connectivity index (χ3v) is 5.21. The van der Waals surface area contributed by atoms with Crippen LogP contribution in [0, 0.1) is 5.92 Å². The van der Waals surface area contributed by atoms with Crippen LogP contribution >= 0.6 is 39.1 Å². The summed E-state index contributed by atoms with van der Waals surface area (Å²) in [4.78, 5) is -0.0873. The van der Waals surface area contributed by atoms with Crippen LogP contribution in [-0.4, -0.2) is 28.6 Å². The Morgan fingerprint density at radius 3 is 2.26 bits per heavy atom. The average molecular weight is 390 g/mol. The molecule has 0 aromatic heterocycles. The molecule has 19 heavy (non-hydrogen) atoms. The Hall–Kier alpha value is 0.150. The van der Waals surface area contributed by atoms with Crippen molar-refractivity contribution in [3.8, 4) is 0 Å². The lowest BCUT2D eigenvalue weighted by atomic mass is 10.2. The summed E-state index contributed by atoms with van der Waals surface area (Å²) in [6, 6.07) is 3.00. The van der Waals surface area contributed by atoms with Crippen LogP contribution in [0.3, 0.4) is 0 Å². The highest BCUT2D eigenvalue weighted by atomic mass is 79.9. The fourth-order valence-corrected chi connectivity index (χ4v) is 4.63. The van der Waals surface area contributed by atoms with Crippen LogP contribution in [0.25, 0.3) is 0 Å². The molecule has 0 amide bonds. The van der Waals surface area contributed by atoms with Gasteiger partial charge >= 0.3 is 0 Å². The van der Waals surface area contributed by atoms with Crippen LogP contribution in [-0.2, 0) is 10.0 Å². The molecule has 0 aliphatic carbocycles. The third-order valence-electron chi connectivity index (χ3n) is 2.41. The summed E-state index contributed by atoms with van der Waals surface area (Å²) in [7, 11) is -1.90. The second-order valence-corrected chi connectivity index (χ2v) is 7.65. The molecule has 0 aliphatic rings. The van der Waals surface area contributed by atoms with Gasteiger partial charge in [-0.05, 0) is 31.6 Å². The number of rotatable bonds is 6. The van der Waals surface area contributed by atoms with Gasteiger partial charge in [0.25, 0.3) is 0 Å². The van der Waals surface area contributed by atoms with Crippen molar-refractivity contribution in [1.29, 1.82) is 0 Å². The second kappa shape index (κ2) is 7.24. The normalized spacial score (nSPS) is 13.5. The fourth-order valence-electron chi connectivity index (χ4n) is 1.53. The van der Waals surface area contributed by atoms with E-state index in [2.05, 4.69) is 26.0 Å². The first-order chi connectivity index (χ1) is 8.77. The number of sulfonamides is 1. The molecule has 1 rings (SSSR count). The lowest BCUT2D eigenvalue weighted by Gasteiger charge is -2.14. The zero-order chi connectivity index (χ0) is 14.6. The van der Waals surface area contributed by atoms with Crippen molar-refractivity contribution in [3.05, 3.63) is 26.7 Å². The van der Waals surface area contributed by atoms with E-state index in [4.69, 9.17) is 23.2 Å². The van der Waals surface area contributed by atoms with Gasteiger partial charge in [0.2, 0.25) is 10.0 Å². The maximum Gasteiger partial charge on any atom is 0.243 e. The molecule has 8 heteroatoms. The van der Waals surface area contributed by atoms with Gasteiger partial charge in [0.1, 0.15) is 4.90 Å². The van der Waals surface area contributed by atoms with Crippen molar-refractivity contribution in [3.63, 3.8) is 0 Å². The Balaban J connectivity index is 2.95. The third kappa shape index (κ3) is 4.88. The van der Waals surface area contributed by atoms with Crippen LogP contribution < -0.4 is 10.0 Å². The minimum atomic E-state index is -3.71. The molecule has 0 bridgehead atoms. The number of hydrogen-bond acceptors (Lipinski definition) is 3. The van der Waals surface area contributed by atoms with Crippen molar-refractivity contribution in [2.45, 2.75) is 11.8 Å². The molecule has 0 saturated heterocycles. The molecule has 0 fully saturated rings. The maximum absolute atomic E-state index is 12.2. The molecule has 1 unspecified atom stereocenters. The van der Waals surface area contributed by atoms with Crippen LogP contribution in [0.5, 0.6) is 0 Å². The Morgan fingerprint density at radius 1 is 1.26 bits per heavy atom. The van der Waals surface area contributed by atoms with E-state index >= 15 is 0 Å². The van der Waals surface area contributed by atoms with E-state index in [1.807, 2.05) is 14.0 Å². The van der Waals surface area contributed by atoms with E-state index < -0.39 is 10.0 Å². The number of nitrogens with one attached hydrogen (secondary N) is 2. The maximum atomic E-state index is 12.2. The SMILES string of the molecule is CNCC(C)CNS(=O)(=O)c1c(Cl)cc(Br)cc1Cl. The van der Waals surface area contributed by atoms with Crippen molar-refractivity contribution in [2.24, 2.45) is 5.92 Å². The molecule has 1 aromatic carbocycles. The second-order valence-electron chi connectivity index (χ2n) is 4.21. The molecule has 1 atom stereocenters. The topological polar surface area (TPSA) is 58.2 Å². The molecule has 4 nitrogen and oxygen atoms in total. The van der Waals surface area contributed by atoms with Gasteiger partial charge in [-0.25, -0.2) is 13.1 Å². The van der Waals surface area contributed by atoms with E-state index in [1.54, 1.807) is 0 Å². The summed E-state index contributed by atoms with van der Waals surface area (Å²) in [5.41, 5.74) is 0. The van der Waals surface area contributed by atoms with Crippen molar-refractivity contribution >= 4 is 49.2 Å². The van der Waals surface area contributed by atoms with Gasteiger partial charge < -0.3 is 5.32 Å². The number of hydrogen-bond donors (Lipinski definition) is 2. The summed E-state index contributed by atoms with van der Waals surface area (Å²) in [6.07, 6.45) is 0. The first-order valence-electron chi connectivity index (χ1n) is 5.56. The predicted molar refractivity (Wildman–Crippen MR) is 82.4 cm³/mol. The van der Waals surface area contributed by atoms with Crippen LogP contribution in [0.4, 0.5) is 0 Å². The molecular formula is C11H15BrCl2N2O2S. The minimum absolute atomic E-state index is 0.0873. The summed E-state index contributed by atoms with van der Waals surface area (Å²) in [6.45, 7) is 2.96. The molecule has 1 aromatic rings. The fraction of sp³-hybridized carbons (Fsp3) is 0.455. The van der Waals surface area contributed by atoms with Crippen LogP contribution in [0.1, 0.15) is 6.92 Å². The van der Waals surface area contributed by atoms with E-state index in [1.165, 1.54) is 12.1 Å². The number of benzene rings is 1. The molecule has 0 aliphatic heterocycles. The monoisotopic (exact) mass is 388 g/mol. The van der Waals surface area contributed by atoms with E-state index in [9.17, 15) is 8.42 Å². The molecular weight excluding hydrogens is 375 g/mol. The highest BCUT2D eigenvalue weighted by molar-refractivity contribution is 9.10. The molecule has 0 radical (unpaired) electrons. The van der Waals surface area contributed by atoms with Crippen LogP contribution in [0.15, 0.2) is 21.5 Å². The molecule has 0 spiro atoms. The average Bonchev–Trinajstić information content (AvgIpc) is 2.25. The van der Waals surface area contributed by atoms with Gasteiger partial charge in [-0.3, -0.25) is 0 Å². The predicted octanol–water partition coefficient (Wildman–Crippen LogP) is 2.89. The highest BCUT2D eigenvalue weighted by Crippen LogP contribution is 2.32. The Morgan fingerprint density at radius 2 is 1.79 bits per heavy atom. The first kappa shape index (κ1) is 17.2. The molecule has 2 N–H and O–H groups in total. The molecule has 0 heterocycles. The quantitative estimate of drug-likeness (QED) is 0.786. The van der Waals surface area contributed by atoms with E-state index in [-0.39, 0.29) is 20.9 Å². The standard InChI is InChI=1S/C11H15BrCl2N2O2S/c1-7(5-15-2)6-16-19(17,18)11-9(13)3-8(12)4-10(11)14/h3-4,7,15-16H,5-6H2,1-2H3. The summed E-state index contributed by atoms with van der Waals surface area (Å²) in [5.74, 6) is 0.160. The van der Waals surface area contributed by atoms with Crippen molar-refractivity contribution in [1.82, 2.24) is 10.0 Å². The van der Waals surface area contributed by atoms with Gasteiger partial charge in [-0.15, -0.1) is 0 Å². The highest BCUT2D eigenvalue weighted by Gasteiger charge is 2.22. The summed E-state index contributed by atoms with van der Waals surface area (Å²) >= 11 is 15.1. The molecule has 108 valence electrons. The Bertz CT molecular complexity index is 529. The van der Waals surface area contributed by atoms with Gasteiger partial charge in [0, 0.05) is 11.0 Å². The van der Waals surface area contributed by atoms with Crippen molar-refractivity contribution in [2.75, 3.05) is 20.1 Å².